The fourth-order valence-corrected chi connectivity index (χ4v) is 4.85. The van der Waals surface area contributed by atoms with Crippen LogP contribution >= 0.6 is 27.5 Å². The van der Waals surface area contributed by atoms with E-state index in [9.17, 15) is 14.0 Å². The van der Waals surface area contributed by atoms with Crippen LogP contribution in [0.3, 0.4) is 0 Å². The summed E-state index contributed by atoms with van der Waals surface area (Å²) in [5, 5.41) is 8.54. The van der Waals surface area contributed by atoms with E-state index < -0.39 is 11.7 Å². The van der Waals surface area contributed by atoms with Crippen LogP contribution in [0.25, 0.3) is 33.5 Å². The fourth-order valence-electron chi connectivity index (χ4n) is 4.23. The summed E-state index contributed by atoms with van der Waals surface area (Å²) in [7, 11) is 0. The van der Waals surface area contributed by atoms with Crippen LogP contribution in [0.15, 0.2) is 110 Å². The van der Waals surface area contributed by atoms with Gasteiger partial charge in [0, 0.05) is 15.5 Å². The van der Waals surface area contributed by atoms with Crippen molar-refractivity contribution < 1.29 is 18.3 Å². The van der Waals surface area contributed by atoms with E-state index >= 15 is 0 Å². The molecule has 0 aliphatic rings. The van der Waals surface area contributed by atoms with Crippen LogP contribution in [0.1, 0.15) is 5.56 Å². The van der Waals surface area contributed by atoms with Crippen LogP contribution in [0.4, 0.5) is 10.1 Å². The van der Waals surface area contributed by atoms with Crippen LogP contribution in [0.2, 0.25) is 5.02 Å². The van der Waals surface area contributed by atoms with Crippen molar-refractivity contribution >= 4 is 67.2 Å². The average molecular weight is 646 g/mol. The monoisotopic (exact) mass is 644 g/mol. The number of halogens is 3. The maximum atomic E-state index is 13.5. The van der Waals surface area contributed by atoms with E-state index in [0.717, 1.165) is 9.86 Å². The molecule has 2 heterocycles. The number of nitrogens with one attached hydrogen (secondary N) is 1. The van der Waals surface area contributed by atoms with E-state index in [0.29, 0.717) is 33.5 Å². The number of benzene rings is 4. The molecule has 42 heavy (non-hydrogen) atoms. The molecule has 0 unspecified atom stereocenters. The highest BCUT2D eigenvalue weighted by Gasteiger charge is 2.17. The molecule has 0 aliphatic carbocycles. The van der Waals surface area contributed by atoms with Gasteiger partial charge in [0.05, 0.1) is 22.1 Å². The Bertz CT molecular complexity index is 2060. The number of para-hydroxylation sites is 1. The van der Waals surface area contributed by atoms with E-state index in [4.69, 9.17) is 20.8 Å². The number of hydrogen-bond acceptors (Lipinski definition) is 6. The maximum absolute atomic E-state index is 13.5. The Kier molecular flexibility index (Phi) is 7.56. The van der Waals surface area contributed by atoms with Crippen LogP contribution < -0.4 is 15.6 Å². The van der Waals surface area contributed by atoms with Gasteiger partial charge in [-0.2, -0.15) is 9.78 Å². The van der Waals surface area contributed by atoms with Gasteiger partial charge >= 0.3 is 0 Å². The van der Waals surface area contributed by atoms with Crippen molar-refractivity contribution in [2.75, 3.05) is 11.9 Å². The van der Waals surface area contributed by atoms with Gasteiger partial charge in [0.2, 0.25) is 5.82 Å². The van der Waals surface area contributed by atoms with Crippen molar-refractivity contribution in [3.63, 3.8) is 0 Å². The summed E-state index contributed by atoms with van der Waals surface area (Å²) in [5.74, 6) is 0.0588. The molecule has 0 aliphatic heterocycles. The molecular formula is C31H19BrClFN4O4. The quantitative estimate of drug-likeness (QED) is 0.184. The third-order valence-electron chi connectivity index (χ3n) is 6.22. The first kappa shape index (κ1) is 27.4. The Morgan fingerprint density at radius 2 is 1.88 bits per heavy atom. The lowest BCUT2D eigenvalue weighted by molar-refractivity contribution is -0.118. The summed E-state index contributed by atoms with van der Waals surface area (Å²) in [5.41, 5.74) is 1.80. The number of aromatic nitrogens is 2. The molecule has 4 aromatic carbocycles. The van der Waals surface area contributed by atoms with Crippen molar-refractivity contribution in [1.82, 2.24) is 9.66 Å². The SMILES string of the molecule is O=C(COc1ccc(C=Nn2c(-c3cc4cc(Br)ccc4o3)nc3ccccc3c2=O)cc1Cl)Nc1ccc(F)cc1. The lowest BCUT2D eigenvalue weighted by Crippen LogP contribution is -2.20. The lowest BCUT2D eigenvalue weighted by Gasteiger charge is -2.10. The highest BCUT2D eigenvalue weighted by atomic mass is 79.9. The predicted molar refractivity (Wildman–Crippen MR) is 164 cm³/mol. The smallest absolute Gasteiger partial charge is 0.282 e. The molecule has 8 nitrogen and oxygen atoms in total. The number of ether oxygens (including phenoxy) is 1. The molecular weight excluding hydrogens is 627 g/mol. The number of amides is 1. The fraction of sp³-hybridized carbons (Fsp3) is 0.0323. The number of fused-ring (bicyclic) bond motifs is 2. The molecule has 2 aromatic heterocycles. The number of rotatable bonds is 7. The van der Waals surface area contributed by atoms with E-state index in [1.807, 2.05) is 18.2 Å². The first-order valence-corrected chi connectivity index (χ1v) is 13.7. The molecule has 208 valence electrons. The number of carbonyl (C=O) groups excluding carboxylic acids is 1. The van der Waals surface area contributed by atoms with Crippen LogP contribution in [0.5, 0.6) is 5.75 Å². The standard InChI is InChI=1S/C31H19BrClFN4O4/c32-20-6-12-26-19(14-20)15-28(42-26)30-37-25-4-2-1-3-23(25)31(40)38(30)35-16-18-5-11-27(24(33)13-18)41-17-29(39)36-22-9-7-21(34)8-10-22/h1-16H,17H2,(H,36,39). The van der Waals surface area contributed by atoms with Gasteiger partial charge in [-0.25, -0.2) is 9.37 Å². The van der Waals surface area contributed by atoms with Crippen molar-refractivity contribution in [1.29, 1.82) is 0 Å². The summed E-state index contributed by atoms with van der Waals surface area (Å²) in [6.07, 6.45) is 1.47. The largest absolute Gasteiger partial charge is 0.482 e. The van der Waals surface area contributed by atoms with Gasteiger partial charge in [0.1, 0.15) is 17.1 Å². The van der Waals surface area contributed by atoms with Crippen molar-refractivity contribution in [3.8, 4) is 17.3 Å². The summed E-state index contributed by atoms with van der Waals surface area (Å²) in [4.78, 5) is 30.4. The summed E-state index contributed by atoms with van der Waals surface area (Å²) in [6.45, 7) is -0.305. The molecule has 0 spiro atoms. The Morgan fingerprint density at radius 3 is 2.69 bits per heavy atom. The highest BCUT2D eigenvalue weighted by molar-refractivity contribution is 9.10. The predicted octanol–water partition coefficient (Wildman–Crippen LogP) is 7.26. The number of anilines is 1. The Hall–Kier alpha value is -4.80. The molecule has 0 saturated carbocycles. The summed E-state index contributed by atoms with van der Waals surface area (Å²) >= 11 is 9.87. The van der Waals surface area contributed by atoms with E-state index in [1.165, 1.54) is 35.2 Å². The van der Waals surface area contributed by atoms with E-state index in [1.54, 1.807) is 48.5 Å². The number of hydrogen-bond donors (Lipinski definition) is 1. The van der Waals surface area contributed by atoms with Crippen molar-refractivity contribution in [2.45, 2.75) is 0 Å². The Balaban J connectivity index is 1.26. The first-order valence-electron chi connectivity index (χ1n) is 12.6. The number of carbonyl (C=O) groups is 1. The second-order valence-corrected chi connectivity index (χ2v) is 10.5. The van der Waals surface area contributed by atoms with Gasteiger partial charge in [0.25, 0.3) is 11.5 Å². The zero-order chi connectivity index (χ0) is 29.2. The zero-order valence-corrected chi connectivity index (χ0v) is 23.9. The van der Waals surface area contributed by atoms with Gasteiger partial charge in [-0.15, -0.1) is 0 Å². The number of nitrogens with zero attached hydrogens (tertiary/aromatic N) is 3. The van der Waals surface area contributed by atoms with E-state index in [-0.39, 0.29) is 28.8 Å². The molecule has 1 amide bonds. The third-order valence-corrected chi connectivity index (χ3v) is 7.01. The van der Waals surface area contributed by atoms with Gasteiger partial charge in [-0.3, -0.25) is 9.59 Å². The molecule has 0 bridgehead atoms. The summed E-state index contributed by atoms with van der Waals surface area (Å²) < 4.78 is 26.7. The van der Waals surface area contributed by atoms with Gasteiger partial charge in [0.15, 0.2) is 12.4 Å². The Morgan fingerprint density at radius 1 is 1.07 bits per heavy atom. The maximum Gasteiger partial charge on any atom is 0.282 e. The van der Waals surface area contributed by atoms with E-state index in [2.05, 4.69) is 31.3 Å². The number of furan rings is 1. The minimum atomic E-state index is -0.433. The second-order valence-electron chi connectivity index (χ2n) is 9.14. The van der Waals surface area contributed by atoms with Crippen LogP contribution in [-0.2, 0) is 4.79 Å². The molecule has 0 saturated heterocycles. The third kappa shape index (κ3) is 5.81. The topological polar surface area (TPSA) is 98.7 Å². The second kappa shape index (κ2) is 11.6. The highest BCUT2D eigenvalue weighted by Crippen LogP contribution is 2.29. The molecule has 1 N–H and O–H groups in total. The molecule has 11 heteroatoms. The molecule has 6 aromatic rings. The normalized spacial score (nSPS) is 11.4. The minimum absolute atomic E-state index is 0.237. The first-order chi connectivity index (χ1) is 20.3. The van der Waals surface area contributed by atoms with Crippen LogP contribution in [-0.4, -0.2) is 28.4 Å². The summed E-state index contributed by atoms with van der Waals surface area (Å²) in [6, 6.07) is 24.7. The van der Waals surface area contributed by atoms with Gasteiger partial charge in [-0.05, 0) is 84.4 Å². The molecule has 0 fully saturated rings. The minimum Gasteiger partial charge on any atom is -0.482 e. The average Bonchev–Trinajstić information content (AvgIpc) is 3.40. The van der Waals surface area contributed by atoms with Crippen LogP contribution in [0, 0.1) is 5.82 Å². The van der Waals surface area contributed by atoms with Gasteiger partial charge < -0.3 is 14.5 Å². The molecule has 0 radical (unpaired) electrons. The zero-order valence-electron chi connectivity index (χ0n) is 21.6. The lowest BCUT2D eigenvalue weighted by atomic mass is 10.2. The van der Waals surface area contributed by atoms with Gasteiger partial charge in [-0.1, -0.05) is 39.7 Å². The molecule has 0 atom stereocenters. The Labute approximate surface area is 251 Å². The molecule has 6 rings (SSSR count). The van der Waals surface area contributed by atoms with Crippen molar-refractivity contribution in [3.05, 3.63) is 122 Å². The van der Waals surface area contributed by atoms with Crippen molar-refractivity contribution in [2.24, 2.45) is 5.10 Å².